The molecule has 0 fully saturated rings. The Balaban J connectivity index is 1.86. The van der Waals surface area contributed by atoms with Gasteiger partial charge in [-0.15, -0.1) is 0 Å². The van der Waals surface area contributed by atoms with E-state index in [1.165, 1.54) is 29.7 Å². The van der Waals surface area contributed by atoms with Gasteiger partial charge in [-0.2, -0.15) is 0 Å². The number of sulfone groups is 1. The molecule has 0 atom stereocenters. The summed E-state index contributed by atoms with van der Waals surface area (Å²) in [7, 11) is -3.21. The molecule has 0 bridgehead atoms. The van der Waals surface area contributed by atoms with Gasteiger partial charge in [-0.05, 0) is 37.3 Å². The lowest BCUT2D eigenvalue weighted by Gasteiger charge is -2.07. The van der Waals surface area contributed by atoms with E-state index in [4.69, 9.17) is 5.73 Å². The van der Waals surface area contributed by atoms with Gasteiger partial charge in [0.2, 0.25) is 5.95 Å². The molecule has 9 heteroatoms. The molecule has 0 radical (unpaired) electrons. The highest BCUT2D eigenvalue weighted by atomic mass is 32.2. The lowest BCUT2D eigenvalue weighted by atomic mass is 10.3. The fraction of sp³-hybridized carbons (Fsp3) is 0.133. The average Bonchev–Trinajstić information content (AvgIpc) is 2.86. The first-order chi connectivity index (χ1) is 11.3. The van der Waals surface area contributed by atoms with Crippen LogP contribution in [0.4, 0.5) is 16.8 Å². The number of benzene rings is 1. The van der Waals surface area contributed by atoms with E-state index in [1.807, 2.05) is 6.92 Å². The second kappa shape index (κ2) is 6.17. The van der Waals surface area contributed by atoms with E-state index in [0.29, 0.717) is 16.8 Å². The predicted octanol–water partition coefficient (Wildman–Crippen LogP) is 2.64. The molecule has 24 heavy (non-hydrogen) atoms. The van der Waals surface area contributed by atoms with Crippen molar-refractivity contribution in [3.05, 3.63) is 42.2 Å². The van der Waals surface area contributed by atoms with Gasteiger partial charge in [0.1, 0.15) is 0 Å². The van der Waals surface area contributed by atoms with Gasteiger partial charge in [-0.25, -0.2) is 23.4 Å². The summed E-state index contributed by atoms with van der Waals surface area (Å²) >= 11 is 1.37. The van der Waals surface area contributed by atoms with Crippen LogP contribution in [0.15, 0.2) is 41.4 Å². The summed E-state index contributed by atoms with van der Waals surface area (Å²) in [6.07, 6.45) is 2.82. The van der Waals surface area contributed by atoms with E-state index in [2.05, 4.69) is 20.3 Å². The first kappa shape index (κ1) is 16.3. The van der Waals surface area contributed by atoms with Crippen LogP contribution >= 0.6 is 11.3 Å². The molecule has 1 aromatic carbocycles. The summed E-state index contributed by atoms with van der Waals surface area (Å²) in [4.78, 5) is 14.0. The predicted molar refractivity (Wildman–Crippen MR) is 95.1 cm³/mol. The van der Waals surface area contributed by atoms with E-state index >= 15 is 0 Å². The number of nitrogens with zero attached hydrogens (tertiary/aromatic N) is 3. The maximum atomic E-state index is 11.5. The van der Waals surface area contributed by atoms with Crippen LogP contribution in [-0.4, -0.2) is 29.6 Å². The molecule has 3 rings (SSSR count). The highest BCUT2D eigenvalue weighted by Gasteiger charge is 2.11. The summed E-state index contributed by atoms with van der Waals surface area (Å²) in [6, 6.07) is 8.20. The van der Waals surface area contributed by atoms with Gasteiger partial charge in [0.25, 0.3) is 0 Å². The van der Waals surface area contributed by atoms with Crippen molar-refractivity contribution in [3.8, 4) is 10.6 Å². The van der Waals surface area contributed by atoms with Gasteiger partial charge < -0.3 is 11.1 Å². The Kier molecular flexibility index (Phi) is 4.20. The van der Waals surface area contributed by atoms with E-state index in [9.17, 15) is 8.42 Å². The smallest absolute Gasteiger partial charge is 0.227 e. The third-order valence-corrected chi connectivity index (χ3v) is 5.38. The third-order valence-electron chi connectivity index (χ3n) is 3.24. The summed E-state index contributed by atoms with van der Waals surface area (Å²) in [5.74, 6) is 0.408. The monoisotopic (exact) mass is 361 g/mol. The minimum Gasteiger partial charge on any atom is -0.375 e. The van der Waals surface area contributed by atoms with Gasteiger partial charge in [0.05, 0.1) is 21.2 Å². The number of nitrogens with two attached hydrogens (primary N) is 1. The second-order valence-corrected chi connectivity index (χ2v) is 8.20. The summed E-state index contributed by atoms with van der Waals surface area (Å²) in [5, 5.41) is 3.55. The molecule has 0 unspecified atom stereocenters. The highest BCUT2D eigenvalue weighted by molar-refractivity contribution is 7.90. The molecule has 0 aliphatic rings. The molecule has 0 aliphatic heterocycles. The Labute approximate surface area is 143 Å². The minimum absolute atomic E-state index is 0.262. The molecule has 0 amide bonds. The summed E-state index contributed by atoms with van der Waals surface area (Å²) < 4.78 is 23.0. The van der Waals surface area contributed by atoms with Crippen LogP contribution in [-0.2, 0) is 9.84 Å². The zero-order chi connectivity index (χ0) is 17.3. The van der Waals surface area contributed by atoms with Crippen LogP contribution in [0.1, 0.15) is 5.69 Å². The number of hydrogen-bond acceptors (Lipinski definition) is 8. The molecule has 2 heterocycles. The number of aromatic nitrogens is 3. The molecule has 7 nitrogen and oxygen atoms in total. The molecular formula is C15H15N5O2S2. The Morgan fingerprint density at radius 3 is 2.42 bits per heavy atom. The normalized spacial score (nSPS) is 11.4. The number of nitrogens with one attached hydrogen (secondary N) is 1. The van der Waals surface area contributed by atoms with Gasteiger partial charge in [-0.3, -0.25) is 0 Å². The van der Waals surface area contributed by atoms with Crippen molar-refractivity contribution < 1.29 is 8.42 Å². The summed E-state index contributed by atoms with van der Waals surface area (Å²) in [5.41, 5.74) is 7.97. The van der Waals surface area contributed by atoms with Crippen molar-refractivity contribution in [3.63, 3.8) is 0 Å². The Morgan fingerprint density at radius 1 is 1.12 bits per heavy atom. The van der Waals surface area contributed by atoms with Gasteiger partial charge >= 0.3 is 0 Å². The summed E-state index contributed by atoms with van der Waals surface area (Å²) in [6.45, 7) is 1.88. The number of anilines is 3. The van der Waals surface area contributed by atoms with E-state index in [0.717, 1.165) is 16.3 Å². The quantitative estimate of drug-likeness (QED) is 0.735. The van der Waals surface area contributed by atoms with E-state index < -0.39 is 9.84 Å². The lowest BCUT2D eigenvalue weighted by molar-refractivity contribution is 0.602. The Hall–Kier alpha value is -2.52. The maximum Gasteiger partial charge on any atom is 0.227 e. The zero-order valence-electron chi connectivity index (χ0n) is 13.0. The molecule has 3 N–H and O–H groups in total. The Morgan fingerprint density at radius 2 is 1.83 bits per heavy atom. The average molecular weight is 361 g/mol. The number of aryl methyl sites for hydroxylation is 1. The topological polar surface area (TPSA) is 111 Å². The van der Waals surface area contributed by atoms with Gasteiger partial charge in [-0.1, -0.05) is 11.3 Å². The molecule has 3 aromatic rings. The van der Waals surface area contributed by atoms with Crippen molar-refractivity contribution in [2.24, 2.45) is 0 Å². The highest BCUT2D eigenvalue weighted by Crippen LogP contribution is 2.30. The van der Waals surface area contributed by atoms with Gasteiger partial charge in [0, 0.05) is 18.1 Å². The molecule has 0 spiro atoms. The third kappa shape index (κ3) is 3.52. The first-order valence-corrected chi connectivity index (χ1v) is 9.67. The maximum absolute atomic E-state index is 11.5. The fourth-order valence-electron chi connectivity index (χ4n) is 2.11. The molecule has 0 saturated carbocycles. The number of thiazole rings is 1. The van der Waals surface area contributed by atoms with Gasteiger partial charge in [0.15, 0.2) is 15.0 Å². The van der Waals surface area contributed by atoms with Crippen molar-refractivity contribution in [1.82, 2.24) is 15.0 Å². The number of rotatable bonds is 4. The SMILES string of the molecule is Cc1nc(N)sc1-c1ccnc(Nc2ccc(S(C)(=O)=O)cc2)n1. The first-order valence-electron chi connectivity index (χ1n) is 6.96. The van der Waals surface area contributed by atoms with Crippen molar-refractivity contribution in [2.75, 3.05) is 17.3 Å². The largest absolute Gasteiger partial charge is 0.375 e. The molecule has 0 aliphatic carbocycles. The van der Waals surface area contributed by atoms with Crippen molar-refractivity contribution in [1.29, 1.82) is 0 Å². The van der Waals surface area contributed by atoms with Crippen LogP contribution < -0.4 is 11.1 Å². The second-order valence-electron chi connectivity index (χ2n) is 5.15. The minimum atomic E-state index is -3.21. The van der Waals surface area contributed by atoms with Crippen molar-refractivity contribution in [2.45, 2.75) is 11.8 Å². The van der Waals surface area contributed by atoms with E-state index in [1.54, 1.807) is 24.4 Å². The Bertz CT molecular complexity index is 981. The van der Waals surface area contributed by atoms with Crippen LogP contribution in [0.5, 0.6) is 0 Å². The van der Waals surface area contributed by atoms with Crippen LogP contribution in [0.25, 0.3) is 10.6 Å². The number of nitrogen functional groups attached to an aromatic ring is 1. The molecule has 0 saturated heterocycles. The number of hydrogen-bond donors (Lipinski definition) is 2. The fourth-order valence-corrected chi connectivity index (χ4v) is 3.55. The lowest BCUT2D eigenvalue weighted by Crippen LogP contribution is -1.99. The molecule has 2 aromatic heterocycles. The van der Waals surface area contributed by atoms with Crippen LogP contribution in [0, 0.1) is 6.92 Å². The standard InChI is InChI=1S/C15H15N5O2S2/c1-9-13(23-14(16)18-9)12-7-8-17-15(20-12)19-10-3-5-11(6-4-10)24(2,21)22/h3-8H,1-2H3,(H2,16,18)(H,17,19,20). The van der Waals surface area contributed by atoms with E-state index in [-0.39, 0.29) is 4.90 Å². The van der Waals surface area contributed by atoms with Crippen LogP contribution in [0.2, 0.25) is 0 Å². The van der Waals surface area contributed by atoms with Crippen LogP contribution in [0.3, 0.4) is 0 Å². The molecule has 124 valence electrons. The van der Waals surface area contributed by atoms with Crippen molar-refractivity contribution >= 4 is 37.9 Å². The zero-order valence-corrected chi connectivity index (χ0v) is 14.6. The molecular weight excluding hydrogens is 346 g/mol.